The van der Waals surface area contributed by atoms with Gasteiger partial charge in [0.25, 0.3) is 0 Å². The summed E-state index contributed by atoms with van der Waals surface area (Å²) in [6, 6.07) is 0. The first-order valence-electron chi connectivity index (χ1n) is 3.14. The number of hydrogen-bond donors (Lipinski definition) is 1. The molecule has 0 aromatic heterocycles. The summed E-state index contributed by atoms with van der Waals surface area (Å²) < 4.78 is 0. The largest absolute Gasteiger partial charge is 0.396 e. The Bertz CT molecular complexity index is 176. The van der Waals surface area contributed by atoms with E-state index < -0.39 is 0 Å². The molecule has 0 bridgehead atoms. The van der Waals surface area contributed by atoms with Gasteiger partial charge in [-0.3, -0.25) is 0 Å². The summed E-state index contributed by atoms with van der Waals surface area (Å²) in [6.45, 7) is 1.73. The second-order valence-corrected chi connectivity index (χ2v) is 2.19. The number of hydrogen-bond acceptors (Lipinski definition) is 4. The molecule has 0 saturated heterocycles. The summed E-state index contributed by atoms with van der Waals surface area (Å²) in [5, 5.41) is 12.0. The van der Waals surface area contributed by atoms with Crippen LogP contribution >= 0.6 is 0 Å². The Morgan fingerprint density at radius 3 is 2.90 bits per heavy atom. The van der Waals surface area contributed by atoms with E-state index >= 15 is 0 Å². The van der Waals surface area contributed by atoms with E-state index in [0.29, 0.717) is 12.1 Å². The Morgan fingerprint density at radius 2 is 2.50 bits per heavy atom. The number of carbonyl (C=O) groups is 1. The van der Waals surface area contributed by atoms with Crippen LogP contribution in [0.25, 0.3) is 0 Å². The summed E-state index contributed by atoms with van der Waals surface area (Å²) >= 11 is 0. The Morgan fingerprint density at radius 1 is 1.80 bits per heavy atom. The molecule has 1 heterocycles. The van der Waals surface area contributed by atoms with Gasteiger partial charge < -0.3 is 9.94 Å². The minimum Gasteiger partial charge on any atom is -0.396 e. The molecular formula is C6H9NO3. The molecular weight excluding hydrogens is 134 g/mol. The van der Waals surface area contributed by atoms with Gasteiger partial charge in [0.2, 0.25) is 0 Å². The molecule has 0 spiro atoms. The molecule has 0 amide bonds. The summed E-state index contributed by atoms with van der Waals surface area (Å²) in [5.74, 6) is -0.601. The lowest BCUT2D eigenvalue weighted by Crippen LogP contribution is -2.14. The molecule has 1 aliphatic heterocycles. The first kappa shape index (κ1) is 7.21. The molecule has 56 valence electrons. The van der Waals surface area contributed by atoms with E-state index in [0.717, 1.165) is 0 Å². The van der Waals surface area contributed by atoms with Gasteiger partial charge in [-0.15, -0.1) is 0 Å². The van der Waals surface area contributed by atoms with Crippen molar-refractivity contribution in [3.05, 3.63) is 0 Å². The fourth-order valence-corrected chi connectivity index (χ4v) is 0.774. The molecule has 0 radical (unpaired) electrons. The van der Waals surface area contributed by atoms with Crippen LogP contribution in [0.4, 0.5) is 0 Å². The molecule has 0 aliphatic carbocycles. The van der Waals surface area contributed by atoms with Crippen LogP contribution in [0.3, 0.4) is 0 Å². The van der Waals surface area contributed by atoms with Gasteiger partial charge in [-0.05, 0) is 6.92 Å². The quantitative estimate of drug-likeness (QED) is 0.550. The topological polar surface area (TPSA) is 58.9 Å². The summed E-state index contributed by atoms with van der Waals surface area (Å²) in [7, 11) is 0. The zero-order valence-electron chi connectivity index (χ0n) is 5.70. The molecule has 0 aromatic rings. The lowest BCUT2D eigenvalue weighted by Gasteiger charge is -1.97. The predicted molar refractivity (Wildman–Crippen MR) is 34.4 cm³/mol. The van der Waals surface area contributed by atoms with Crippen molar-refractivity contribution in [1.29, 1.82) is 0 Å². The molecule has 10 heavy (non-hydrogen) atoms. The lowest BCUT2D eigenvalue weighted by molar-refractivity contribution is -0.142. The van der Waals surface area contributed by atoms with Gasteiger partial charge in [0.15, 0.2) is 0 Å². The van der Waals surface area contributed by atoms with E-state index in [1.807, 2.05) is 0 Å². The average Bonchev–Trinajstić information content (AvgIpc) is 2.20. The van der Waals surface area contributed by atoms with E-state index in [-0.39, 0.29) is 18.5 Å². The highest BCUT2D eigenvalue weighted by atomic mass is 16.7. The molecule has 1 atom stereocenters. The summed E-state index contributed by atoms with van der Waals surface area (Å²) in [6.07, 6.45) is 0.424. The maximum atomic E-state index is 10.6. The van der Waals surface area contributed by atoms with Crippen LogP contribution in [-0.2, 0) is 9.63 Å². The van der Waals surface area contributed by atoms with Crippen molar-refractivity contribution in [2.75, 3.05) is 6.61 Å². The third-order valence-electron chi connectivity index (χ3n) is 1.47. The third kappa shape index (κ3) is 1.16. The fourth-order valence-electron chi connectivity index (χ4n) is 0.774. The Balaban J connectivity index is 2.54. The Labute approximate surface area is 58.5 Å². The zero-order valence-corrected chi connectivity index (χ0v) is 5.70. The molecule has 1 N–H and O–H groups in total. The zero-order chi connectivity index (χ0) is 7.56. The second kappa shape index (κ2) is 2.79. The maximum absolute atomic E-state index is 10.6. The van der Waals surface area contributed by atoms with Crippen LogP contribution < -0.4 is 0 Å². The number of rotatable bonds is 2. The van der Waals surface area contributed by atoms with Gasteiger partial charge in [0.05, 0.1) is 11.6 Å². The van der Waals surface area contributed by atoms with Crippen molar-refractivity contribution in [2.24, 2.45) is 11.1 Å². The maximum Gasteiger partial charge on any atom is 0.343 e. The normalized spacial score (nSPS) is 24.4. The van der Waals surface area contributed by atoms with Crippen molar-refractivity contribution >= 4 is 11.7 Å². The van der Waals surface area contributed by atoms with Crippen molar-refractivity contribution in [1.82, 2.24) is 0 Å². The number of carbonyl (C=O) groups excluding carboxylic acids is 1. The Kier molecular flexibility index (Phi) is 2.01. The van der Waals surface area contributed by atoms with Gasteiger partial charge >= 0.3 is 5.97 Å². The van der Waals surface area contributed by atoms with Crippen LogP contribution in [0.2, 0.25) is 0 Å². The predicted octanol–water partition coefficient (Wildman–Crippen LogP) is -0.0823. The van der Waals surface area contributed by atoms with Crippen molar-refractivity contribution in [3.63, 3.8) is 0 Å². The molecule has 0 fully saturated rings. The smallest absolute Gasteiger partial charge is 0.343 e. The Hall–Kier alpha value is -0.900. The van der Waals surface area contributed by atoms with Crippen molar-refractivity contribution in [3.8, 4) is 0 Å². The fraction of sp³-hybridized carbons (Fsp3) is 0.667. The molecule has 4 heteroatoms. The van der Waals surface area contributed by atoms with Crippen molar-refractivity contribution in [2.45, 2.75) is 13.3 Å². The van der Waals surface area contributed by atoms with Gasteiger partial charge in [0.1, 0.15) is 0 Å². The molecule has 0 aromatic carbocycles. The number of aliphatic hydroxyl groups excluding tert-OH is 1. The summed E-state index contributed by atoms with van der Waals surface area (Å²) in [4.78, 5) is 15.0. The van der Waals surface area contributed by atoms with Crippen LogP contribution in [0.5, 0.6) is 0 Å². The van der Waals surface area contributed by atoms with E-state index in [1.54, 1.807) is 6.92 Å². The number of nitrogens with zero attached hydrogens (tertiary/aromatic N) is 1. The van der Waals surface area contributed by atoms with Gasteiger partial charge in [-0.1, -0.05) is 5.16 Å². The molecule has 0 saturated carbocycles. The highest BCUT2D eigenvalue weighted by Crippen LogP contribution is 2.12. The molecule has 1 unspecified atom stereocenters. The molecule has 1 aliphatic rings. The van der Waals surface area contributed by atoms with E-state index in [9.17, 15) is 4.79 Å². The third-order valence-corrected chi connectivity index (χ3v) is 1.47. The van der Waals surface area contributed by atoms with E-state index in [2.05, 4.69) is 9.99 Å². The SMILES string of the molecule is CC1C(=O)ON=C1CCO. The lowest BCUT2D eigenvalue weighted by atomic mass is 10.1. The van der Waals surface area contributed by atoms with Crippen LogP contribution in [-0.4, -0.2) is 23.4 Å². The average molecular weight is 143 g/mol. The first-order valence-corrected chi connectivity index (χ1v) is 3.14. The highest BCUT2D eigenvalue weighted by molar-refractivity contribution is 6.04. The van der Waals surface area contributed by atoms with Gasteiger partial charge in [0, 0.05) is 13.0 Å². The van der Waals surface area contributed by atoms with E-state index in [1.165, 1.54) is 0 Å². The molecule has 1 rings (SSSR count). The second-order valence-electron chi connectivity index (χ2n) is 2.19. The van der Waals surface area contributed by atoms with Crippen LogP contribution in [0, 0.1) is 5.92 Å². The van der Waals surface area contributed by atoms with Crippen LogP contribution in [0.1, 0.15) is 13.3 Å². The first-order chi connectivity index (χ1) is 4.75. The standard InChI is InChI=1S/C6H9NO3/c1-4-5(2-3-8)7-10-6(4)9/h4,8H,2-3H2,1H3. The van der Waals surface area contributed by atoms with Gasteiger partial charge in [-0.2, -0.15) is 0 Å². The monoisotopic (exact) mass is 143 g/mol. The number of oxime groups is 1. The van der Waals surface area contributed by atoms with Gasteiger partial charge in [-0.25, -0.2) is 4.79 Å². The van der Waals surface area contributed by atoms with Crippen molar-refractivity contribution < 1.29 is 14.7 Å². The minimum atomic E-state index is -0.330. The summed E-state index contributed by atoms with van der Waals surface area (Å²) in [5.41, 5.74) is 0.632. The van der Waals surface area contributed by atoms with Crippen LogP contribution in [0.15, 0.2) is 5.16 Å². The number of aliphatic hydroxyl groups is 1. The van der Waals surface area contributed by atoms with E-state index in [4.69, 9.17) is 5.11 Å². The highest BCUT2D eigenvalue weighted by Gasteiger charge is 2.27. The molecule has 4 nitrogen and oxygen atoms in total. The minimum absolute atomic E-state index is 0.0137.